The largest absolute Gasteiger partial charge is 0.328 e. The van der Waals surface area contributed by atoms with Gasteiger partial charge in [0.2, 0.25) is 0 Å². The van der Waals surface area contributed by atoms with Crippen molar-refractivity contribution in [3.8, 4) is 11.4 Å². The van der Waals surface area contributed by atoms with Crippen LogP contribution in [0.15, 0.2) is 23.1 Å². The van der Waals surface area contributed by atoms with E-state index in [9.17, 15) is 4.79 Å². The number of hydrogen-bond donors (Lipinski definition) is 2. The van der Waals surface area contributed by atoms with Gasteiger partial charge in [-0.1, -0.05) is 13.3 Å². The van der Waals surface area contributed by atoms with Gasteiger partial charge in [-0.25, -0.2) is 0 Å². The first-order valence-electron chi connectivity index (χ1n) is 5.57. The van der Waals surface area contributed by atoms with Crippen molar-refractivity contribution in [2.24, 2.45) is 0 Å². The highest BCUT2D eigenvalue weighted by Gasteiger charge is 2.11. The van der Waals surface area contributed by atoms with E-state index >= 15 is 0 Å². The van der Waals surface area contributed by atoms with Crippen molar-refractivity contribution in [1.82, 2.24) is 19.7 Å². The molecule has 0 aromatic carbocycles. The van der Waals surface area contributed by atoms with E-state index in [2.05, 4.69) is 22.1 Å². The van der Waals surface area contributed by atoms with E-state index in [4.69, 9.17) is 12.2 Å². The normalized spacial score (nSPS) is 10.6. The monoisotopic (exact) mass is 250 g/mol. The zero-order valence-corrected chi connectivity index (χ0v) is 10.4. The Hall–Kier alpha value is -1.69. The molecule has 0 aliphatic heterocycles. The van der Waals surface area contributed by atoms with E-state index < -0.39 is 0 Å². The van der Waals surface area contributed by atoms with Gasteiger partial charge in [0, 0.05) is 12.7 Å². The topological polar surface area (TPSA) is 66.5 Å². The second kappa shape index (κ2) is 5.09. The van der Waals surface area contributed by atoms with Crippen LogP contribution >= 0.6 is 12.2 Å². The van der Waals surface area contributed by atoms with Crippen LogP contribution in [0.25, 0.3) is 11.4 Å². The van der Waals surface area contributed by atoms with Crippen molar-refractivity contribution in [3.05, 3.63) is 33.5 Å². The molecule has 2 rings (SSSR count). The van der Waals surface area contributed by atoms with Gasteiger partial charge in [-0.2, -0.15) is 5.10 Å². The van der Waals surface area contributed by atoms with Crippen LogP contribution in [0.2, 0.25) is 0 Å². The predicted molar refractivity (Wildman–Crippen MR) is 68.4 cm³/mol. The molecule has 0 atom stereocenters. The number of aromatic amines is 2. The lowest BCUT2D eigenvalue weighted by Crippen LogP contribution is -2.11. The molecular formula is C11H14N4OS. The van der Waals surface area contributed by atoms with Crippen molar-refractivity contribution in [1.29, 1.82) is 0 Å². The molecule has 0 aliphatic carbocycles. The van der Waals surface area contributed by atoms with Crippen LogP contribution in [0, 0.1) is 4.77 Å². The van der Waals surface area contributed by atoms with E-state index in [0.717, 1.165) is 19.4 Å². The van der Waals surface area contributed by atoms with Gasteiger partial charge < -0.3 is 9.55 Å². The average Bonchev–Trinajstić information content (AvgIpc) is 2.69. The molecular weight excluding hydrogens is 236 g/mol. The van der Waals surface area contributed by atoms with Crippen LogP contribution in [-0.2, 0) is 6.54 Å². The number of aromatic nitrogens is 4. The molecule has 0 amide bonds. The smallest absolute Gasteiger partial charge is 0.259 e. The lowest BCUT2D eigenvalue weighted by Gasteiger charge is -2.04. The summed E-state index contributed by atoms with van der Waals surface area (Å²) in [6.45, 7) is 2.88. The van der Waals surface area contributed by atoms with Crippen molar-refractivity contribution >= 4 is 12.2 Å². The lowest BCUT2D eigenvalue weighted by atomic mass is 10.2. The first-order chi connectivity index (χ1) is 8.24. The molecule has 0 saturated carbocycles. The zero-order valence-electron chi connectivity index (χ0n) is 9.56. The number of pyridine rings is 1. The van der Waals surface area contributed by atoms with Crippen LogP contribution in [0.4, 0.5) is 0 Å². The highest BCUT2D eigenvalue weighted by atomic mass is 32.1. The SMILES string of the molecule is CCCCn1c(-c2ccc[nH]c2=O)n[nH]c1=S. The van der Waals surface area contributed by atoms with Gasteiger partial charge in [-0.3, -0.25) is 9.89 Å². The van der Waals surface area contributed by atoms with Gasteiger partial charge in [0.1, 0.15) is 0 Å². The Labute approximate surface area is 104 Å². The maximum absolute atomic E-state index is 11.7. The first kappa shape index (κ1) is 11.8. The molecule has 17 heavy (non-hydrogen) atoms. The molecule has 0 aliphatic rings. The molecule has 0 saturated heterocycles. The number of H-pyrrole nitrogens is 2. The minimum Gasteiger partial charge on any atom is -0.328 e. The summed E-state index contributed by atoms with van der Waals surface area (Å²) in [7, 11) is 0. The average molecular weight is 250 g/mol. The summed E-state index contributed by atoms with van der Waals surface area (Å²) >= 11 is 5.16. The third kappa shape index (κ3) is 2.36. The van der Waals surface area contributed by atoms with E-state index in [1.54, 1.807) is 18.3 Å². The minimum absolute atomic E-state index is 0.153. The molecule has 2 heterocycles. The Morgan fingerprint density at radius 2 is 2.35 bits per heavy atom. The molecule has 0 spiro atoms. The highest BCUT2D eigenvalue weighted by Crippen LogP contribution is 2.13. The van der Waals surface area contributed by atoms with Crippen molar-refractivity contribution < 1.29 is 0 Å². The lowest BCUT2D eigenvalue weighted by molar-refractivity contribution is 0.628. The molecule has 2 aromatic rings. The maximum Gasteiger partial charge on any atom is 0.259 e. The standard InChI is InChI=1S/C11H14N4OS/c1-2-3-7-15-9(13-14-11(15)17)8-5-4-6-12-10(8)16/h4-6H,2-3,7H2,1H3,(H,12,16)(H,14,17). The van der Waals surface area contributed by atoms with Crippen LogP contribution in [-0.4, -0.2) is 19.7 Å². The van der Waals surface area contributed by atoms with Gasteiger partial charge in [0.25, 0.3) is 5.56 Å². The second-order valence-corrected chi connectivity index (χ2v) is 4.16. The summed E-state index contributed by atoms with van der Waals surface area (Å²) in [6, 6.07) is 3.52. The third-order valence-corrected chi connectivity index (χ3v) is 2.86. The van der Waals surface area contributed by atoms with Gasteiger partial charge >= 0.3 is 0 Å². The van der Waals surface area contributed by atoms with Crippen LogP contribution in [0.1, 0.15) is 19.8 Å². The number of rotatable bonds is 4. The van der Waals surface area contributed by atoms with E-state index in [1.165, 1.54) is 0 Å². The van der Waals surface area contributed by atoms with E-state index in [-0.39, 0.29) is 5.56 Å². The van der Waals surface area contributed by atoms with Crippen LogP contribution < -0.4 is 5.56 Å². The predicted octanol–water partition coefficient (Wildman–Crippen LogP) is 2.10. The summed E-state index contributed by atoms with van der Waals surface area (Å²) in [5.74, 6) is 0.602. The molecule has 0 fully saturated rings. The Morgan fingerprint density at radius 1 is 1.53 bits per heavy atom. The molecule has 2 N–H and O–H groups in total. The fourth-order valence-corrected chi connectivity index (χ4v) is 1.87. The van der Waals surface area contributed by atoms with E-state index in [1.807, 2.05) is 4.57 Å². The molecule has 6 heteroatoms. The van der Waals surface area contributed by atoms with Crippen LogP contribution in [0.3, 0.4) is 0 Å². The Balaban J connectivity index is 2.50. The number of unbranched alkanes of at least 4 members (excludes halogenated alkanes) is 1. The number of hydrogen-bond acceptors (Lipinski definition) is 3. The quantitative estimate of drug-likeness (QED) is 0.817. The number of nitrogens with zero attached hydrogens (tertiary/aromatic N) is 2. The second-order valence-electron chi connectivity index (χ2n) is 3.77. The van der Waals surface area contributed by atoms with Crippen molar-refractivity contribution in [2.45, 2.75) is 26.3 Å². The number of nitrogens with one attached hydrogen (secondary N) is 2. The minimum atomic E-state index is -0.153. The van der Waals surface area contributed by atoms with E-state index in [0.29, 0.717) is 16.2 Å². The van der Waals surface area contributed by atoms with Crippen LogP contribution in [0.5, 0.6) is 0 Å². The molecule has 0 bridgehead atoms. The molecule has 0 radical (unpaired) electrons. The maximum atomic E-state index is 11.7. The molecule has 2 aromatic heterocycles. The summed E-state index contributed by atoms with van der Waals surface area (Å²) in [5, 5.41) is 6.86. The summed E-state index contributed by atoms with van der Waals surface area (Å²) < 4.78 is 2.42. The van der Waals surface area contributed by atoms with Gasteiger partial charge in [-0.15, -0.1) is 0 Å². The van der Waals surface area contributed by atoms with Gasteiger partial charge in [0.15, 0.2) is 10.6 Å². The Bertz CT molecular complexity index is 610. The fourth-order valence-electron chi connectivity index (χ4n) is 1.64. The summed E-state index contributed by atoms with van der Waals surface area (Å²) in [4.78, 5) is 14.3. The summed E-state index contributed by atoms with van der Waals surface area (Å²) in [6.07, 6.45) is 3.67. The van der Waals surface area contributed by atoms with Crippen molar-refractivity contribution in [2.75, 3.05) is 0 Å². The van der Waals surface area contributed by atoms with Gasteiger partial charge in [0.05, 0.1) is 5.56 Å². The molecule has 90 valence electrons. The fraction of sp³-hybridized carbons (Fsp3) is 0.364. The first-order valence-corrected chi connectivity index (χ1v) is 5.98. The molecule has 5 nitrogen and oxygen atoms in total. The summed E-state index contributed by atoms with van der Waals surface area (Å²) in [5.41, 5.74) is 0.384. The highest BCUT2D eigenvalue weighted by molar-refractivity contribution is 7.71. The third-order valence-electron chi connectivity index (χ3n) is 2.55. The Morgan fingerprint density at radius 3 is 3.06 bits per heavy atom. The zero-order chi connectivity index (χ0) is 12.3. The Kier molecular flexibility index (Phi) is 3.53. The molecule has 0 unspecified atom stereocenters. The van der Waals surface area contributed by atoms with Gasteiger partial charge in [-0.05, 0) is 30.8 Å². The van der Waals surface area contributed by atoms with Crippen molar-refractivity contribution in [3.63, 3.8) is 0 Å².